The summed E-state index contributed by atoms with van der Waals surface area (Å²) in [5.74, 6) is 0. The molecule has 0 spiro atoms. The molecule has 0 atom stereocenters. The normalized spacial score (nSPS) is 8.96. The van der Waals surface area contributed by atoms with Crippen LogP contribution < -0.4 is 20.8 Å². The van der Waals surface area contributed by atoms with Gasteiger partial charge in [-0.25, -0.2) is 0 Å². The minimum Gasteiger partial charge on any atom is -0.530 e. The molecular weight excluding hydrogens is 374 g/mol. The Balaban J connectivity index is 0.000000443. The topological polar surface area (TPSA) is 104 Å². The maximum atomic E-state index is 9.97. The third-order valence-corrected chi connectivity index (χ3v) is 3.05. The second-order valence-electron chi connectivity index (χ2n) is 4.90. The van der Waals surface area contributed by atoms with Crippen molar-refractivity contribution in [3.8, 4) is 0 Å². The van der Waals surface area contributed by atoms with Crippen LogP contribution in [-0.4, -0.2) is 25.3 Å². The van der Waals surface area contributed by atoms with Crippen LogP contribution in [0.25, 0.3) is 0 Å². The molecule has 0 saturated carbocycles. The van der Waals surface area contributed by atoms with E-state index in [4.69, 9.17) is 0 Å². The molecule has 0 radical (unpaired) electrons. The molecule has 2 aromatic rings. The van der Waals surface area contributed by atoms with Crippen molar-refractivity contribution in [3.63, 3.8) is 0 Å². The van der Waals surface area contributed by atoms with Gasteiger partial charge in [-0.2, -0.15) is 0 Å². The maximum absolute atomic E-state index is 9.97. The predicted octanol–water partition coefficient (Wildman–Crippen LogP) is 0.321. The van der Waals surface area contributed by atoms with Gasteiger partial charge in [-0.15, -0.1) is 0 Å². The Labute approximate surface area is 160 Å². The van der Waals surface area contributed by atoms with Crippen molar-refractivity contribution in [1.82, 2.24) is 10.6 Å². The van der Waals surface area contributed by atoms with E-state index in [2.05, 4.69) is 10.6 Å². The van der Waals surface area contributed by atoms with Crippen molar-refractivity contribution in [1.29, 1.82) is 0 Å². The molecule has 2 rings (SSSR count). The van der Waals surface area contributed by atoms with Gasteiger partial charge in [0.15, 0.2) is 0 Å². The first-order chi connectivity index (χ1) is 11.6. The van der Waals surface area contributed by atoms with Crippen LogP contribution in [0.3, 0.4) is 0 Å². The van der Waals surface area contributed by atoms with Gasteiger partial charge < -0.3 is 30.4 Å². The van der Waals surface area contributed by atoms with E-state index in [0.717, 1.165) is 11.1 Å². The van der Waals surface area contributed by atoms with Gasteiger partial charge >= 0.3 is 19.5 Å². The van der Waals surface area contributed by atoms with Gasteiger partial charge in [0.05, 0.1) is 0 Å². The number of carboxylic acid groups (broad SMARTS) is 2. The fourth-order valence-electron chi connectivity index (χ4n) is 1.91. The Bertz CT molecular complexity index is 553. The summed E-state index contributed by atoms with van der Waals surface area (Å²) in [5, 5.41) is 24.3. The Kier molecular flexibility index (Phi) is 12.6. The average molecular weight is 394 g/mol. The van der Waals surface area contributed by atoms with Gasteiger partial charge in [0.1, 0.15) is 12.2 Å². The van der Waals surface area contributed by atoms with Crippen LogP contribution in [0.5, 0.6) is 0 Å². The van der Waals surface area contributed by atoms with Crippen molar-refractivity contribution in [2.24, 2.45) is 0 Å². The number of hydrogen-bond acceptors (Lipinski definition) is 4. The largest absolute Gasteiger partial charge is 2.00 e. The van der Waals surface area contributed by atoms with Crippen LogP contribution in [0, 0.1) is 0 Å². The number of carbonyl (C=O) groups excluding carboxylic acids is 2. The molecule has 2 amide bonds. The van der Waals surface area contributed by atoms with Crippen LogP contribution >= 0.6 is 0 Å². The van der Waals surface area contributed by atoms with E-state index in [0.29, 0.717) is 25.9 Å². The Hall–Kier alpha value is -2.40. The first-order valence-electron chi connectivity index (χ1n) is 7.55. The summed E-state index contributed by atoms with van der Waals surface area (Å²) in [6.07, 6.45) is -1.03. The third-order valence-electron chi connectivity index (χ3n) is 3.05. The van der Waals surface area contributed by atoms with Crippen molar-refractivity contribution >= 4 is 12.2 Å². The molecule has 2 aromatic carbocycles. The number of hydrogen-bond donors (Lipinski definition) is 2. The number of rotatable bonds is 6. The minimum absolute atomic E-state index is 0. The van der Waals surface area contributed by atoms with Crippen LogP contribution in [0.4, 0.5) is 9.59 Å². The summed E-state index contributed by atoms with van der Waals surface area (Å²) in [5.41, 5.74) is 2.23. The van der Waals surface area contributed by atoms with Gasteiger partial charge in [0.25, 0.3) is 0 Å². The zero-order valence-electron chi connectivity index (χ0n) is 13.9. The molecule has 0 aliphatic carbocycles. The minimum atomic E-state index is -1.22. The summed E-state index contributed by atoms with van der Waals surface area (Å²) < 4.78 is 0. The predicted molar refractivity (Wildman–Crippen MR) is 87.1 cm³/mol. The molecule has 0 aliphatic rings. The number of amides is 2. The standard InChI is InChI=1S/2C9H11NO2.Zn/c2*11-9(12)10-7-6-8-4-2-1-3-5-8;/h2*1-5,10H,6-7H2,(H,11,12);/q;;+2/p-2. The molecular formula is C18H20N2O4Zn. The van der Waals surface area contributed by atoms with Crippen molar-refractivity contribution in [2.75, 3.05) is 13.1 Å². The number of benzene rings is 2. The van der Waals surface area contributed by atoms with Gasteiger partial charge in [-0.3, -0.25) is 0 Å². The Morgan fingerprint density at radius 3 is 1.28 bits per heavy atom. The van der Waals surface area contributed by atoms with Crippen molar-refractivity contribution in [2.45, 2.75) is 12.8 Å². The molecule has 0 bridgehead atoms. The Morgan fingerprint density at radius 1 is 0.680 bits per heavy atom. The smallest absolute Gasteiger partial charge is 0.530 e. The second-order valence-corrected chi connectivity index (χ2v) is 4.90. The van der Waals surface area contributed by atoms with Crippen molar-refractivity contribution < 1.29 is 39.3 Å². The Morgan fingerprint density at radius 2 is 1.00 bits per heavy atom. The van der Waals surface area contributed by atoms with Crippen LogP contribution in [-0.2, 0) is 32.3 Å². The van der Waals surface area contributed by atoms with Gasteiger partial charge in [0.2, 0.25) is 0 Å². The summed E-state index contributed by atoms with van der Waals surface area (Å²) in [6.45, 7) is 0.818. The summed E-state index contributed by atoms with van der Waals surface area (Å²) in [7, 11) is 0. The number of carbonyl (C=O) groups is 2. The molecule has 0 heterocycles. The molecule has 0 fully saturated rings. The van der Waals surface area contributed by atoms with E-state index in [1.807, 2.05) is 60.7 Å². The molecule has 25 heavy (non-hydrogen) atoms. The molecule has 6 nitrogen and oxygen atoms in total. The average Bonchev–Trinajstić information content (AvgIpc) is 2.57. The molecule has 0 aromatic heterocycles. The zero-order valence-corrected chi connectivity index (χ0v) is 16.9. The molecule has 0 unspecified atom stereocenters. The van der Waals surface area contributed by atoms with Gasteiger partial charge in [-0.05, 0) is 24.0 Å². The van der Waals surface area contributed by atoms with Gasteiger partial charge in [0, 0.05) is 13.1 Å². The maximum Gasteiger partial charge on any atom is 2.00 e. The van der Waals surface area contributed by atoms with Crippen LogP contribution in [0.1, 0.15) is 11.1 Å². The molecule has 128 valence electrons. The first-order valence-corrected chi connectivity index (χ1v) is 7.55. The first kappa shape index (κ1) is 22.6. The molecule has 2 N–H and O–H groups in total. The fourth-order valence-corrected chi connectivity index (χ4v) is 1.91. The van der Waals surface area contributed by atoms with E-state index in [1.165, 1.54) is 0 Å². The number of nitrogens with one attached hydrogen (secondary N) is 2. The van der Waals surface area contributed by atoms with Gasteiger partial charge in [-0.1, -0.05) is 60.7 Å². The van der Waals surface area contributed by atoms with E-state index < -0.39 is 12.2 Å². The third kappa shape index (κ3) is 12.7. The monoisotopic (exact) mass is 392 g/mol. The van der Waals surface area contributed by atoms with Crippen LogP contribution in [0.2, 0.25) is 0 Å². The quantitative estimate of drug-likeness (QED) is 0.690. The van der Waals surface area contributed by atoms with E-state index in [-0.39, 0.29) is 19.5 Å². The summed E-state index contributed by atoms with van der Waals surface area (Å²) >= 11 is 0. The molecule has 0 saturated heterocycles. The molecule has 7 heteroatoms. The summed E-state index contributed by atoms with van der Waals surface area (Å²) in [4.78, 5) is 19.9. The second kappa shape index (κ2) is 14.0. The van der Waals surface area contributed by atoms with Crippen molar-refractivity contribution in [3.05, 3.63) is 71.8 Å². The van der Waals surface area contributed by atoms with E-state index in [9.17, 15) is 19.8 Å². The SMILES string of the molecule is O=C([O-])NCCc1ccccc1.O=C([O-])NCCc1ccccc1.[Zn+2]. The van der Waals surface area contributed by atoms with E-state index in [1.54, 1.807) is 0 Å². The summed E-state index contributed by atoms with van der Waals surface area (Å²) in [6, 6.07) is 19.4. The molecule has 0 aliphatic heterocycles. The van der Waals surface area contributed by atoms with E-state index >= 15 is 0 Å². The van der Waals surface area contributed by atoms with Crippen LogP contribution in [0.15, 0.2) is 60.7 Å². The zero-order chi connectivity index (χ0) is 17.6. The fraction of sp³-hybridized carbons (Fsp3) is 0.222.